The van der Waals surface area contributed by atoms with Gasteiger partial charge in [-0.3, -0.25) is 4.79 Å². The molecule has 2 fully saturated rings. The molecule has 0 heterocycles. The van der Waals surface area contributed by atoms with E-state index in [-0.39, 0.29) is 0 Å². The highest BCUT2D eigenvalue weighted by atomic mass is 16.2. The van der Waals surface area contributed by atoms with Crippen molar-refractivity contribution in [3.05, 3.63) is 0 Å². The third kappa shape index (κ3) is 3.23. The number of hydrogen-bond donors (Lipinski definition) is 0. The SMILES string of the molecule is CC1CCC(N(C)C(=O)C2CCCCC2)CC1. The van der Waals surface area contributed by atoms with E-state index in [9.17, 15) is 4.79 Å². The summed E-state index contributed by atoms with van der Waals surface area (Å²) < 4.78 is 0. The van der Waals surface area contributed by atoms with E-state index in [1.54, 1.807) is 0 Å². The molecule has 0 N–H and O–H groups in total. The van der Waals surface area contributed by atoms with Crippen LogP contribution in [0.5, 0.6) is 0 Å². The molecule has 0 aliphatic heterocycles. The van der Waals surface area contributed by atoms with Gasteiger partial charge in [-0.15, -0.1) is 0 Å². The second kappa shape index (κ2) is 5.88. The Kier molecular flexibility index (Phi) is 4.47. The van der Waals surface area contributed by atoms with Gasteiger partial charge in [0.25, 0.3) is 0 Å². The van der Waals surface area contributed by atoms with Crippen LogP contribution in [0.25, 0.3) is 0 Å². The molecule has 0 radical (unpaired) electrons. The Hall–Kier alpha value is -0.530. The summed E-state index contributed by atoms with van der Waals surface area (Å²) in [6.45, 7) is 2.33. The highest BCUT2D eigenvalue weighted by molar-refractivity contribution is 5.79. The van der Waals surface area contributed by atoms with Gasteiger partial charge in [0, 0.05) is 19.0 Å². The Morgan fingerprint density at radius 2 is 1.53 bits per heavy atom. The monoisotopic (exact) mass is 237 g/mol. The Balaban J connectivity index is 1.85. The standard InChI is InChI=1S/C15H27NO/c1-12-8-10-14(11-9-12)16(2)15(17)13-6-4-3-5-7-13/h12-14H,3-11H2,1-2H3. The first-order chi connectivity index (χ1) is 8.18. The average Bonchev–Trinajstić information content (AvgIpc) is 2.39. The van der Waals surface area contributed by atoms with Crippen molar-refractivity contribution >= 4 is 5.91 Å². The van der Waals surface area contributed by atoms with Gasteiger partial charge in [0.05, 0.1) is 0 Å². The minimum absolute atomic E-state index is 0.341. The van der Waals surface area contributed by atoms with Crippen LogP contribution in [0.3, 0.4) is 0 Å². The van der Waals surface area contributed by atoms with Crippen LogP contribution in [-0.4, -0.2) is 23.9 Å². The van der Waals surface area contributed by atoms with Crippen LogP contribution in [0, 0.1) is 11.8 Å². The molecule has 0 spiro atoms. The molecular weight excluding hydrogens is 210 g/mol. The lowest BCUT2D eigenvalue weighted by molar-refractivity contribution is -0.138. The summed E-state index contributed by atoms with van der Waals surface area (Å²) in [6.07, 6.45) is 11.1. The van der Waals surface area contributed by atoms with Crippen molar-refractivity contribution < 1.29 is 4.79 Å². The summed E-state index contributed by atoms with van der Waals surface area (Å²) in [7, 11) is 2.04. The predicted octanol–water partition coefficient (Wildman–Crippen LogP) is 3.60. The van der Waals surface area contributed by atoms with E-state index in [1.165, 1.54) is 44.9 Å². The molecule has 2 nitrogen and oxygen atoms in total. The molecule has 0 aromatic rings. The quantitative estimate of drug-likeness (QED) is 0.718. The summed E-state index contributed by atoms with van der Waals surface area (Å²) in [4.78, 5) is 14.5. The lowest BCUT2D eigenvalue weighted by Gasteiger charge is -2.36. The number of carbonyl (C=O) groups is 1. The first-order valence-electron chi connectivity index (χ1n) is 7.45. The van der Waals surface area contributed by atoms with Crippen LogP contribution in [-0.2, 0) is 4.79 Å². The van der Waals surface area contributed by atoms with Crippen LogP contribution in [0.1, 0.15) is 64.7 Å². The molecule has 2 saturated carbocycles. The zero-order chi connectivity index (χ0) is 12.3. The summed E-state index contributed by atoms with van der Waals surface area (Å²) >= 11 is 0. The van der Waals surface area contributed by atoms with Gasteiger partial charge in [0.15, 0.2) is 0 Å². The fourth-order valence-corrected chi connectivity index (χ4v) is 3.45. The Morgan fingerprint density at radius 3 is 2.12 bits per heavy atom. The van der Waals surface area contributed by atoms with E-state index >= 15 is 0 Å². The lowest BCUT2D eigenvalue weighted by atomic mass is 9.84. The van der Waals surface area contributed by atoms with Crippen molar-refractivity contribution in [2.24, 2.45) is 11.8 Å². The van der Waals surface area contributed by atoms with Gasteiger partial charge in [-0.2, -0.15) is 0 Å². The summed E-state index contributed by atoms with van der Waals surface area (Å²) in [6, 6.07) is 0.528. The van der Waals surface area contributed by atoms with E-state index in [1.807, 2.05) is 7.05 Å². The van der Waals surface area contributed by atoms with Gasteiger partial charge in [0.2, 0.25) is 5.91 Å². The molecule has 2 aliphatic carbocycles. The summed E-state index contributed by atoms with van der Waals surface area (Å²) in [5.41, 5.74) is 0. The minimum atomic E-state index is 0.341. The first-order valence-corrected chi connectivity index (χ1v) is 7.45. The highest BCUT2D eigenvalue weighted by Crippen LogP contribution is 2.30. The Morgan fingerprint density at radius 1 is 0.941 bits per heavy atom. The van der Waals surface area contributed by atoms with E-state index < -0.39 is 0 Å². The van der Waals surface area contributed by atoms with Crippen LogP contribution < -0.4 is 0 Å². The van der Waals surface area contributed by atoms with Crippen molar-refractivity contribution in [3.8, 4) is 0 Å². The fraction of sp³-hybridized carbons (Fsp3) is 0.933. The van der Waals surface area contributed by atoms with Crippen LogP contribution >= 0.6 is 0 Å². The second-order valence-corrected chi connectivity index (χ2v) is 6.20. The lowest BCUT2D eigenvalue weighted by Crippen LogP contribution is -2.42. The first kappa shape index (κ1) is 12.9. The number of carbonyl (C=O) groups excluding carboxylic acids is 1. The molecular formula is C15H27NO. The van der Waals surface area contributed by atoms with E-state index in [2.05, 4.69) is 11.8 Å². The topological polar surface area (TPSA) is 20.3 Å². The normalized spacial score (nSPS) is 31.2. The third-order valence-corrected chi connectivity index (χ3v) is 4.84. The Bertz CT molecular complexity index is 250. The van der Waals surface area contributed by atoms with Gasteiger partial charge >= 0.3 is 0 Å². The molecule has 1 amide bonds. The van der Waals surface area contributed by atoms with E-state index in [0.29, 0.717) is 17.9 Å². The Labute approximate surface area is 106 Å². The molecule has 0 aromatic heterocycles. The van der Waals surface area contributed by atoms with E-state index in [0.717, 1.165) is 18.8 Å². The van der Waals surface area contributed by atoms with Gasteiger partial charge in [-0.05, 0) is 44.4 Å². The fourth-order valence-electron chi connectivity index (χ4n) is 3.45. The molecule has 2 heteroatoms. The zero-order valence-electron chi connectivity index (χ0n) is 11.5. The van der Waals surface area contributed by atoms with Crippen LogP contribution in [0.4, 0.5) is 0 Å². The number of amides is 1. The van der Waals surface area contributed by atoms with Crippen molar-refractivity contribution in [1.82, 2.24) is 4.90 Å². The average molecular weight is 237 g/mol. The van der Waals surface area contributed by atoms with Crippen LogP contribution in [0.2, 0.25) is 0 Å². The van der Waals surface area contributed by atoms with Crippen LogP contribution in [0.15, 0.2) is 0 Å². The molecule has 0 bridgehead atoms. The summed E-state index contributed by atoms with van der Waals surface area (Å²) in [5.74, 6) is 1.64. The highest BCUT2D eigenvalue weighted by Gasteiger charge is 2.29. The zero-order valence-corrected chi connectivity index (χ0v) is 11.5. The van der Waals surface area contributed by atoms with Gasteiger partial charge < -0.3 is 4.90 Å². The molecule has 17 heavy (non-hydrogen) atoms. The van der Waals surface area contributed by atoms with Gasteiger partial charge in [-0.25, -0.2) is 0 Å². The maximum absolute atomic E-state index is 12.4. The van der Waals surface area contributed by atoms with Crippen molar-refractivity contribution in [2.75, 3.05) is 7.05 Å². The van der Waals surface area contributed by atoms with Crippen molar-refractivity contribution in [1.29, 1.82) is 0 Å². The number of rotatable bonds is 2. The molecule has 2 aliphatic rings. The number of nitrogens with zero attached hydrogens (tertiary/aromatic N) is 1. The molecule has 0 atom stereocenters. The van der Waals surface area contributed by atoms with Crippen molar-refractivity contribution in [3.63, 3.8) is 0 Å². The smallest absolute Gasteiger partial charge is 0.225 e. The van der Waals surface area contributed by atoms with Gasteiger partial charge in [0.1, 0.15) is 0 Å². The molecule has 0 unspecified atom stereocenters. The van der Waals surface area contributed by atoms with E-state index in [4.69, 9.17) is 0 Å². The molecule has 98 valence electrons. The largest absolute Gasteiger partial charge is 0.343 e. The molecule has 0 saturated heterocycles. The minimum Gasteiger partial charge on any atom is -0.343 e. The molecule has 2 rings (SSSR count). The maximum atomic E-state index is 12.4. The number of hydrogen-bond acceptors (Lipinski definition) is 1. The van der Waals surface area contributed by atoms with Gasteiger partial charge in [-0.1, -0.05) is 26.2 Å². The third-order valence-electron chi connectivity index (χ3n) is 4.84. The van der Waals surface area contributed by atoms with Crippen molar-refractivity contribution in [2.45, 2.75) is 70.8 Å². The predicted molar refractivity (Wildman–Crippen MR) is 70.8 cm³/mol. The second-order valence-electron chi connectivity index (χ2n) is 6.20. The summed E-state index contributed by atoms with van der Waals surface area (Å²) in [5, 5.41) is 0. The maximum Gasteiger partial charge on any atom is 0.225 e. The molecule has 0 aromatic carbocycles.